The molecule has 1 aromatic heterocycles. The Morgan fingerprint density at radius 1 is 1.32 bits per heavy atom. The van der Waals surface area contributed by atoms with Crippen LogP contribution in [0.1, 0.15) is 39.7 Å². The lowest BCUT2D eigenvalue weighted by Crippen LogP contribution is -2.34. The molecule has 5 nitrogen and oxygen atoms in total. The SMILES string of the molecule is CCNc1ncnc(N(CCCO)C(C)C)c1CC. The van der Waals surface area contributed by atoms with Gasteiger partial charge in [0.15, 0.2) is 0 Å². The van der Waals surface area contributed by atoms with Gasteiger partial charge in [0.05, 0.1) is 0 Å². The third kappa shape index (κ3) is 4.06. The number of anilines is 2. The van der Waals surface area contributed by atoms with Crippen molar-refractivity contribution in [3.8, 4) is 0 Å². The standard InChI is InChI=1S/C14H26N4O/c1-5-12-13(15-6-2)16-10-17-14(12)18(11(3)4)8-7-9-19/h10-11,19H,5-9H2,1-4H3,(H,15,16,17). The zero-order valence-electron chi connectivity index (χ0n) is 12.5. The summed E-state index contributed by atoms with van der Waals surface area (Å²) in [5.74, 6) is 1.90. The van der Waals surface area contributed by atoms with Crippen LogP contribution in [0.25, 0.3) is 0 Å². The van der Waals surface area contributed by atoms with Crippen molar-refractivity contribution < 1.29 is 5.11 Å². The van der Waals surface area contributed by atoms with Gasteiger partial charge in [0, 0.05) is 31.3 Å². The van der Waals surface area contributed by atoms with Crippen LogP contribution in [-0.2, 0) is 6.42 Å². The highest BCUT2D eigenvalue weighted by Crippen LogP contribution is 2.25. The Morgan fingerprint density at radius 3 is 2.58 bits per heavy atom. The molecule has 0 radical (unpaired) electrons. The average Bonchev–Trinajstić information content (AvgIpc) is 2.39. The maximum absolute atomic E-state index is 9.04. The molecular weight excluding hydrogens is 240 g/mol. The van der Waals surface area contributed by atoms with E-state index in [9.17, 15) is 0 Å². The van der Waals surface area contributed by atoms with Crippen molar-refractivity contribution in [3.63, 3.8) is 0 Å². The monoisotopic (exact) mass is 266 g/mol. The Bertz CT molecular complexity index is 382. The third-order valence-electron chi connectivity index (χ3n) is 3.07. The summed E-state index contributed by atoms with van der Waals surface area (Å²) in [6, 6.07) is 0.348. The first-order valence-corrected chi connectivity index (χ1v) is 7.10. The summed E-state index contributed by atoms with van der Waals surface area (Å²) in [6.07, 6.45) is 3.25. The normalized spacial score (nSPS) is 10.8. The topological polar surface area (TPSA) is 61.3 Å². The van der Waals surface area contributed by atoms with Gasteiger partial charge in [-0.05, 0) is 33.6 Å². The van der Waals surface area contributed by atoms with Crippen molar-refractivity contribution >= 4 is 11.6 Å². The Kier molecular flexibility index (Phi) is 6.56. The first kappa shape index (κ1) is 15.7. The minimum Gasteiger partial charge on any atom is -0.396 e. The molecule has 0 spiro atoms. The van der Waals surface area contributed by atoms with E-state index < -0.39 is 0 Å². The lowest BCUT2D eigenvalue weighted by atomic mass is 10.1. The Balaban J connectivity index is 3.10. The molecular formula is C14H26N4O. The first-order chi connectivity index (χ1) is 9.15. The Morgan fingerprint density at radius 2 is 2.05 bits per heavy atom. The van der Waals surface area contributed by atoms with Gasteiger partial charge in [0.25, 0.3) is 0 Å². The molecule has 19 heavy (non-hydrogen) atoms. The van der Waals surface area contributed by atoms with E-state index in [0.717, 1.165) is 43.1 Å². The van der Waals surface area contributed by atoms with Gasteiger partial charge in [0.1, 0.15) is 18.0 Å². The molecule has 0 aliphatic rings. The molecule has 0 atom stereocenters. The summed E-state index contributed by atoms with van der Waals surface area (Å²) >= 11 is 0. The lowest BCUT2D eigenvalue weighted by Gasteiger charge is -2.30. The molecule has 1 aromatic rings. The lowest BCUT2D eigenvalue weighted by molar-refractivity contribution is 0.288. The van der Waals surface area contributed by atoms with Crippen LogP contribution in [0.4, 0.5) is 11.6 Å². The second-order valence-electron chi connectivity index (χ2n) is 4.77. The number of hydrogen-bond acceptors (Lipinski definition) is 5. The number of nitrogens with one attached hydrogen (secondary N) is 1. The number of aliphatic hydroxyl groups excluding tert-OH is 1. The molecule has 0 bridgehead atoms. The third-order valence-corrected chi connectivity index (χ3v) is 3.07. The van der Waals surface area contributed by atoms with E-state index in [4.69, 9.17) is 5.11 Å². The van der Waals surface area contributed by atoms with Crippen LogP contribution in [0.15, 0.2) is 6.33 Å². The predicted octanol–water partition coefficient (Wildman–Crippen LogP) is 2.07. The molecule has 1 rings (SSSR count). The summed E-state index contributed by atoms with van der Waals surface area (Å²) < 4.78 is 0. The van der Waals surface area contributed by atoms with Crippen molar-refractivity contribution in [1.82, 2.24) is 9.97 Å². The van der Waals surface area contributed by atoms with Gasteiger partial charge in [-0.15, -0.1) is 0 Å². The highest BCUT2D eigenvalue weighted by atomic mass is 16.3. The number of nitrogens with zero attached hydrogens (tertiary/aromatic N) is 3. The Labute approximate surface area is 116 Å². The quantitative estimate of drug-likeness (QED) is 0.754. The molecule has 0 aliphatic carbocycles. The smallest absolute Gasteiger partial charge is 0.137 e. The van der Waals surface area contributed by atoms with E-state index in [0.29, 0.717) is 6.04 Å². The number of aliphatic hydroxyl groups is 1. The van der Waals surface area contributed by atoms with Crippen LogP contribution in [-0.4, -0.2) is 40.8 Å². The van der Waals surface area contributed by atoms with Crippen molar-refractivity contribution in [2.75, 3.05) is 29.9 Å². The van der Waals surface area contributed by atoms with E-state index in [2.05, 4.69) is 47.9 Å². The highest BCUT2D eigenvalue weighted by molar-refractivity contribution is 5.59. The minimum atomic E-state index is 0.204. The van der Waals surface area contributed by atoms with Crippen molar-refractivity contribution in [2.24, 2.45) is 0 Å². The maximum atomic E-state index is 9.04. The van der Waals surface area contributed by atoms with Crippen LogP contribution in [0.5, 0.6) is 0 Å². The maximum Gasteiger partial charge on any atom is 0.137 e. The van der Waals surface area contributed by atoms with Crippen molar-refractivity contribution in [2.45, 2.75) is 46.6 Å². The molecule has 0 unspecified atom stereocenters. The van der Waals surface area contributed by atoms with Crippen LogP contribution in [0.2, 0.25) is 0 Å². The second-order valence-corrected chi connectivity index (χ2v) is 4.77. The van der Waals surface area contributed by atoms with E-state index in [-0.39, 0.29) is 6.61 Å². The van der Waals surface area contributed by atoms with Gasteiger partial charge in [-0.3, -0.25) is 0 Å². The average molecular weight is 266 g/mol. The van der Waals surface area contributed by atoms with Gasteiger partial charge in [-0.1, -0.05) is 6.92 Å². The van der Waals surface area contributed by atoms with Gasteiger partial charge >= 0.3 is 0 Å². The fraction of sp³-hybridized carbons (Fsp3) is 0.714. The minimum absolute atomic E-state index is 0.204. The molecule has 108 valence electrons. The van der Waals surface area contributed by atoms with Gasteiger partial charge in [-0.25, -0.2) is 9.97 Å². The molecule has 0 saturated heterocycles. The zero-order chi connectivity index (χ0) is 14.3. The van der Waals surface area contributed by atoms with Gasteiger partial charge in [-0.2, -0.15) is 0 Å². The van der Waals surface area contributed by atoms with Crippen LogP contribution >= 0.6 is 0 Å². The van der Waals surface area contributed by atoms with Crippen LogP contribution in [0.3, 0.4) is 0 Å². The number of hydrogen-bond donors (Lipinski definition) is 2. The first-order valence-electron chi connectivity index (χ1n) is 7.10. The Hall–Kier alpha value is -1.36. The summed E-state index contributed by atoms with van der Waals surface area (Å²) in [4.78, 5) is 11.0. The summed E-state index contributed by atoms with van der Waals surface area (Å²) in [5, 5.41) is 12.3. The van der Waals surface area contributed by atoms with Crippen LogP contribution in [0, 0.1) is 0 Å². The van der Waals surface area contributed by atoms with Gasteiger partial charge in [0.2, 0.25) is 0 Å². The van der Waals surface area contributed by atoms with Crippen LogP contribution < -0.4 is 10.2 Å². The molecule has 0 saturated carbocycles. The van der Waals surface area contributed by atoms with Gasteiger partial charge < -0.3 is 15.3 Å². The van der Waals surface area contributed by atoms with Crippen molar-refractivity contribution in [3.05, 3.63) is 11.9 Å². The fourth-order valence-corrected chi connectivity index (χ4v) is 2.15. The summed E-state index contributed by atoms with van der Waals surface area (Å²) in [7, 11) is 0. The van der Waals surface area contributed by atoms with E-state index >= 15 is 0 Å². The van der Waals surface area contributed by atoms with E-state index in [1.54, 1.807) is 6.33 Å². The number of aromatic nitrogens is 2. The molecule has 0 fully saturated rings. The molecule has 1 heterocycles. The largest absolute Gasteiger partial charge is 0.396 e. The highest BCUT2D eigenvalue weighted by Gasteiger charge is 2.17. The summed E-state index contributed by atoms with van der Waals surface area (Å²) in [6.45, 7) is 10.3. The molecule has 0 aliphatic heterocycles. The van der Waals surface area contributed by atoms with E-state index in [1.807, 2.05) is 0 Å². The molecule has 2 N–H and O–H groups in total. The molecule has 0 aromatic carbocycles. The predicted molar refractivity (Wildman–Crippen MR) is 79.8 cm³/mol. The number of rotatable bonds is 8. The van der Waals surface area contributed by atoms with Crippen molar-refractivity contribution in [1.29, 1.82) is 0 Å². The molecule has 5 heteroatoms. The zero-order valence-corrected chi connectivity index (χ0v) is 12.5. The summed E-state index contributed by atoms with van der Waals surface area (Å²) in [5.41, 5.74) is 1.15. The van der Waals surface area contributed by atoms with E-state index in [1.165, 1.54) is 0 Å². The fourth-order valence-electron chi connectivity index (χ4n) is 2.15. The second kappa shape index (κ2) is 7.94. The molecule has 0 amide bonds.